The number of carbonyl (C=O) groups excluding carboxylic acids is 1. The highest BCUT2D eigenvalue weighted by atomic mass is 16.6. The molecule has 2 N–H and O–H groups in total. The molecule has 0 aromatic carbocycles. The van der Waals surface area contributed by atoms with Crippen molar-refractivity contribution in [1.82, 2.24) is 10.3 Å². The average molecular weight is 280 g/mol. The van der Waals surface area contributed by atoms with Crippen LogP contribution in [0, 0.1) is 6.92 Å². The van der Waals surface area contributed by atoms with E-state index in [0.717, 1.165) is 11.3 Å². The third-order valence-corrected chi connectivity index (χ3v) is 2.40. The predicted molar refractivity (Wildman–Crippen MR) is 73.5 cm³/mol. The first-order valence-electron chi connectivity index (χ1n) is 6.31. The topological polar surface area (TPSA) is 88.5 Å². The summed E-state index contributed by atoms with van der Waals surface area (Å²) in [5, 5.41) is 11.5. The first kappa shape index (κ1) is 15.9. The average Bonchev–Trinajstić information content (AvgIpc) is 2.28. The highest BCUT2D eigenvalue weighted by molar-refractivity contribution is 5.80. The lowest BCUT2D eigenvalue weighted by molar-refractivity contribution is -0.139. The van der Waals surface area contributed by atoms with Crippen molar-refractivity contribution in [3.63, 3.8) is 0 Å². The summed E-state index contributed by atoms with van der Waals surface area (Å²) in [5.41, 5.74) is 0.915. The van der Waals surface area contributed by atoms with E-state index in [2.05, 4.69) is 10.3 Å². The van der Waals surface area contributed by atoms with Gasteiger partial charge in [-0.1, -0.05) is 6.07 Å². The number of aromatic nitrogens is 1. The Labute approximate surface area is 118 Å². The summed E-state index contributed by atoms with van der Waals surface area (Å²) in [6.45, 7) is 6.99. The summed E-state index contributed by atoms with van der Waals surface area (Å²) in [5.74, 6) is -1.11. The third-order valence-electron chi connectivity index (χ3n) is 2.40. The maximum absolute atomic E-state index is 11.6. The SMILES string of the molecule is Cc1ccc(C[C@@H](NC(=O)OC(C)(C)C)C(=O)O)cn1. The zero-order chi connectivity index (χ0) is 15.3. The monoisotopic (exact) mass is 280 g/mol. The molecule has 1 amide bonds. The van der Waals surface area contributed by atoms with Crippen molar-refractivity contribution >= 4 is 12.1 Å². The smallest absolute Gasteiger partial charge is 0.408 e. The van der Waals surface area contributed by atoms with Gasteiger partial charge in [0.15, 0.2) is 0 Å². The fraction of sp³-hybridized carbons (Fsp3) is 0.500. The Bertz CT molecular complexity index is 477. The number of nitrogens with one attached hydrogen (secondary N) is 1. The van der Waals surface area contributed by atoms with E-state index in [1.165, 1.54) is 0 Å². The second kappa shape index (κ2) is 6.36. The Hall–Kier alpha value is -2.11. The molecule has 0 spiro atoms. The molecule has 20 heavy (non-hydrogen) atoms. The van der Waals surface area contributed by atoms with Gasteiger partial charge >= 0.3 is 12.1 Å². The van der Waals surface area contributed by atoms with E-state index < -0.39 is 23.7 Å². The minimum absolute atomic E-state index is 0.155. The minimum Gasteiger partial charge on any atom is -0.480 e. The lowest BCUT2D eigenvalue weighted by Crippen LogP contribution is -2.44. The van der Waals surface area contributed by atoms with Crippen LogP contribution in [-0.2, 0) is 16.0 Å². The highest BCUT2D eigenvalue weighted by Gasteiger charge is 2.24. The predicted octanol–water partition coefficient (Wildman–Crippen LogP) is 1.91. The molecule has 1 atom stereocenters. The summed E-state index contributed by atoms with van der Waals surface area (Å²) < 4.78 is 5.05. The van der Waals surface area contributed by atoms with Crippen molar-refractivity contribution in [3.05, 3.63) is 29.6 Å². The van der Waals surface area contributed by atoms with E-state index in [9.17, 15) is 9.59 Å². The summed E-state index contributed by atoms with van der Waals surface area (Å²) in [7, 11) is 0. The van der Waals surface area contributed by atoms with Crippen LogP contribution in [0.4, 0.5) is 4.79 Å². The lowest BCUT2D eigenvalue weighted by Gasteiger charge is -2.22. The first-order valence-corrected chi connectivity index (χ1v) is 6.31. The fourth-order valence-electron chi connectivity index (χ4n) is 1.50. The zero-order valence-electron chi connectivity index (χ0n) is 12.1. The Kier molecular flexibility index (Phi) is 5.07. The van der Waals surface area contributed by atoms with Gasteiger partial charge < -0.3 is 15.2 Å². The van der Waals surface area contributed by atoms with E-state index in [1.54, 1.807) is 39.1 Å². The van der Waals surface area contributed by atoms with Crippen molar-refractivity contribution in [2.75, 3.05) is 0 Å². The van der Waals surface area contributed by atoms with Crippen LogP contribution in [0.15, 0.2) is 18.3 Å². The van der Waals surface area contributed by atoms with Crippen molar-refractivity contribution in [3.8, 4) is 0 Å². The molecular weight excluding hydrogens is 260 g/mol. The minimum atomic E-state index is -1.11. The lowest BCUT2D eigenvalue weighted by atomic mass is 10.1. The standard InChI is InChI=1S/C14H20N2O4/c1-9-5-6-10(8-15-9)7-11(12(17)18)16-13(19)20-14(2,3)4/h5-6,8,11H,7H2,1-4H3,(H,16,19)(H,17,18)/t11-/m1/s1. The fourth-order valence-corrected chi connectivity index (χ4v) is 1.50. The largest absolute Gasteiger partial charge is 0.480 e. The number of carboxylic acids is 1. The molecular formula is C14H20N2O4. The van der Waals surface area contributed by atoms with Gasteiger partial charge in [-0.3, -0.25) is 4.98 Å². The van der Waals surface area contributed by atoms with Crippen molar-refractivity contribution in [2.45, 2.75) is 45.8 Å². The molecule has 0 fully saturated rings. The Morgan fingerprint density at radius 1 is 1.40 bits per heavy atom. The summed E-state index contributed by atoms with van der Waals surface area (Å²) >= 11 is 0. The van der Waals surface area contributed by atoms with Gasteiger partial charge in [-0.15, -0.1) is 0 Å². The molecule has 0 aliphatic heterocycles. The summed E-state index contributed by atoms with van der Waals surface area (Å²) in [6, 6.07) is 2.53. The van der Waals surface area contributed by atoms with Gasteiger partial charge in [0.2, 0.25) is 0 Å². The molecule has 1 rings (SSSR count). The maximum Gasteiger partial charge on any atom is 0.408 e. The van der Waals surface area contributed by atoms with Crippen LogP contribution in [-0.4, -0.2) is 33.8 Å². The zero-order valence-corrected chi connectivity index (χ0v) is 12.1. The van der Waals surface area contributed by atoms with Crippen LogP contribution in [0.2, 0.25) is 0 Å². The van der Waals surface area contributed by atoms with Crippen LogP contribution in [0.3, 0.4) is 0 Å². The molecule has 0 saturated heterocycles. The number of aryl methyl sites for hydroxylation is 1. The molecule has 0 aliphatic carbocycles. The first-order chi connectivity index (χ1) is 9.17. The van der Waals surface area contributed by atoms with E-state index in [-0.39, 0.29) is 6.42 Å². The molecule has 0 saturated carbocycles. The van der Waals surface area contributed by atoms with Crippen LogP contribution in [0.1, 0.15) is 32.0 Å². The quantitative estimate of drug-likeness (QED) is 0.879. The van der Waals surface area contributed by atoms with Crippen molar-refractivity contribution in [1.29, 1.82) is 0 Å². The molecule has 6 nitrogen and oxygen atoms in total. The highest BCUT2D eigenvalue weighted by Crippen LogP contribution is 2.08. The number of nitrogens with zero attached hydrogens (tertiary/aromatic N) is 1. The number of carboxylic acid groups (broad SMARTS) is 1. The molecule has 6 heteroatoms. The summed E-state index contributed by atoms with van der Waals surface area (Å²) in [6.07, 6.45) is 1.01. The van der Waals surface area contributed by atoms with E-state index in [1.807, 2.05) is 6.92 Å². The third kappa shape index (κ3) is 5.69. The van der Waals surface area contributed by atoms with Crippen molar-refractivity contribution < 1.29 is 19.4 Å². The van der Waals surface area contributed by atoms with Crippen LogP contribution in [0.5, 0.6) is 0 Å². The second-order valence-electron chi connectivity index (χ2n) is 5.55. The Morgan fingerprint density at radius 3 is 2.50 bits per heavy atom. The number of pyridine rings is 1. The Balaban J connectivity index is 2.68. The van der Waals surface area contributed by atoms with E-state index in [4.69, 9.17) is 9.84 Å². The number of rotatable bonds is 4. The van der Waals surface area contributed by atoms with Crippen LogP contribution < -0.4 is 5.32 Å². The number of hydrogen-bond acceptors (Lipinski definition) is 4. The van der Waals surface area contributed by atoms with Crippen molar-refractivity contribution in [2.24, 2.45) is 0 Å². The number of hydrogen-bond donors (Lipinski definition) is 2. The number of carbonyl (C=O) groups is 2. The molecule has 110 valence electrons. The van der Waals surface area contributed by atoms with Gasteiger partial charge in [0, 0.05) is 18.3 Å². The number of aliphatic carboxylic acids is 1. The number of ether oxygens (including phenoxy) is 1. The molecule has 0 aliphatic rings. The van der Waals surface area contributed by atoms with Crippen LogP contribution >= 0.6 is 0 Å². The van der Waals surface area contributed by atoms with Gasteiger partial charge in [-0.05, 0) is 39.3 Å². The normalized spacial score (nSPS) is 12.6. The summed E-state index contributed by atoms with van der Waals surface area (Å²) in [4.78, 5) is 26.9. The van der Waals surface area contributed by atoms with Gasteiger partial charge in [-0.2, -0.15) is 0 Å². The number of amides is 1. The van der Waals surface area contributed by atoms with Gasteiger partial charge in [0.1, 0.15) is 11.6 Å². The molecule has 1 aromatic rings. The van der Waals surface area contributed by atoms with E-state index in [0.29, 0.717) is 0 Å². The molecule has 0 radical (unpaired) electrons. The van der Waals surface area contributed by atoms with Gasteiger partial charge in [0.05, 0.1) is 0 Å². The molecule has 1 heterocycles. The Morgan fingerprint density at radius 2 is 2.05 bits per heavy atom. The molecule has 0 unspecified atom stereocenters. The molecule has 0 bridgehead atoms. The van der Waals surface area contributed by atoms with Gasteiger partial charge in [0.25, 0.3) is 0 Å². The van der Waals surface area contributed by atoms with Gasteiger partial charge in [-0.25, -0.2) is 9.59 Å². The molecule has 1 aromatic heterocycles. The van der Waals surface area contributed by atoms with Crippen LogP contribution in [0.25, 0.3) is 0 Å². The second-order valence-corrected chi connectivity index (χ2v) is 5.55. The van der Waals surface area contributed by atoms with E-state index >= 15 is 0 Å². The maximum atomic E-state index is 11.6. The number of alkyl carbamates (subject to hydrolysis) is 1.